The van der Waals surface area contributed by atoms with Gasteiger partial charge in [-0.2, -0.15) is 0 Å². The summed E-state index contributed by atoms with van der Waals surface area (Å²) in [5, 5.41) is 12.5. The SMILES string of the molecule is COC(=O)Oc1ccc(/C=C/C(=O)O[C@@H]2CC[C@@]3(C)[C@H](C2)C[C@@H](O)[C@@H]2[C@@H]3C[C@H](OC(=O)/C=C/c3ccc(OC(=O)OC)c(OC(=O)OC)c3)[C@]3(C)[C@@H]([C@H](C)CCC(=O)OC(c4ccccc4)c4ccccc4)CC[C@@H]23)cc1OC(=O)OC. The van der Waals surface area contributed by atoms with E-state index in [4.69, 9.17) is 33.2 Å². The number of carbonyl (C=O) groups is 7. The van der Waals surface area contributed by atoms with Crippen LogP contribution >= 0.6 is 0 Å². The number of ether oxygens (including phenoxy) is 11. The number of benzene rings is 4. The van der Waals surface area contributed by atoms with Crippen LogP contribution < -0.4 is 18.9 Å². The molecule has 1 N–H and O–H groups in total. The van der Waals surface area contributed by atoms with Crippen LogP contribution in [0, 0.1) is 46.3 Å². The fourth-order valence-electron chi connectivity index (χ4n) is 13.5. The quantitative estimate of drug-likeness (QED) is 0.0447. The molecule has 11 atom stereocenters. The van der Waals surface area contributed by atoms with E-state index >= 15 is 0 Å². The van der Waals surface area contributed by atoms with Crippen molar-refractivity contribution in [3.05, 3.63) is 131 Å². The van der Waals surface area contributed by atoms with Gasteiger partial charge in [0.2, 0.25) is 0 Å². The van der Waals surface area contributed by atoms with E-state index in [1.54, 1.807) is 6.07 Å². The van der Waals surface area contributed by atoms with E-state index in [1.807, 2.05) is 60.7 Å². The van der Waals surface area contributed by atoms with E-state index in [2.05, 4.69) is 39.7 Å². The largest absolute Gasteiger partial charge is 0.513 e. The van der Waals surface area contributed by atoms with Gasteiger partial charge in [-0.15, -0.1) is 0 Å². The Labute approximate surface area is 476 Å². The molecule has 0 heterocycles. The smallest absolute Gasteiger partial charge is 0.459 e. The van der Waals surface area contributed by atoms with Gasteiger partial charge in [-0.25, -0.2) is 28.8 Å². The summed E-state index contributed by atoms with van der Waals surface area (Å²) >= 11 is 0. The Kier molecular flexibility index (Phi) is 19.4. The number of aliphatic hydroxyl groups is 1. The zero-order valence-corrected chi connectivity index (χ0v) is 47.0. The maximum Gasteiger partial charge on any atom is 0.513 e. The zero-order chi connectivity index (χ0) is 58.7. The molecule has 19 heteroatoms. The summed E-state index contributed by atoms with van der Waals surface area (Å²) in [6.07, 6.45) is 3.85. The molecule has 436 valence electrons. The summed E-state index contributed by atoms with van der Waals surface area (Å²) < 4.78 is 58.0. The van der Waals surface area contributed by atoms with Gasteiger partial charge in [0.15, 0.2) is 29.1 Å². The first kappa shape index (κ1) is 59.9. The lowest BCUT2D eigenvalue weighted by molar-refractivity contribution is -0.217. The summed E-state index contributed by atoms with van der Waals surface area (Å²) in [6.45, 7) is 6.58. The Morgan fingerprint density at radius 3 is 1.61 bits per heavy atom. The molecule has 4 aliphatic rings. The molecule has 4 saturated carbocycles. The molecule has 4 aliphatic carbocycles. The van der Waals surface area contributed by atoms with Crippen LogP contribution in [0.1, 0.15) is 107 Å². The molecule has 0 spiro atoms. The fraction of sp³-hybridized carbons (Fsp3) is 0.444. The van der Waals surface area contributed by atoms with Crippen LogP contribution in [0.3, 0.4) is 0 Å². The Morgan fingerprint density at radius 1 is 0.598 bits per heavy atom. The third kappa shape index (κ3) is 13.8. The van der Waals surface area contributed by atoms with Gasteiger partial charge in [0.25, 0.3) is 0 Å². The van der Waals surface area contributed by atoms with Crippen molar-refractivity contribution in [2.45, 2.75) is 103 Å². The lowest BCUT2D eigenvalue weighted by Crippen LogP contribution is -2.63. The minimum Gasteiger partial charge on any atom is -0.459 e. The van der Waals surface area contributed by atoms with Crippen LogP contribution in [0.25, 0.3) is 12.2 Å². The average Bonchev–Trinajstić information content (AvgIpc) is 1.62. The molecular weight excluding hydrogens is 1060 g/mol. The summed E-state index contributed by atoms with van der Waals surface area (Å²) in [4.78, 5) is 89.5. The van der Waals surface area contributed by atoms with Gasteiger partial charge in [0.05, 0.1) is 34.5 Å². The number of esters is 3. The Bertz CT molecular complexity index is 2970. The molecule has 0 bridgehead atoms. The van der Waals surface area contributed by atoms with Gasteiger partial charge in [-0.1, -0.05) is 93.6 Å². The molecule has 82 heavy (non-hydrogen) atoms. The molecule has 4 aromatic rings. The number of hydrogen-bond donors (Lipinski definition) is 1. The molecule has 19 nitrogen and oxygen atoms in total. The molecule has 0 aliphatic heterocycles. The third-order valence-electron chi connectivity index (χ3n) is 17.5. The number of hydrogen-bond acceptors (Lipinski definition) is 19. The normalized spacial score (nSPS) is 25.7. The highest BCUT2D eigenvalue weighted by molar-refractivity contribution is 5.88. The van der Waals surface area contributed by atoms with Crippen molar-refractivity contribution < 1.29 is 90.8 Å². The van der Waals surface area contributed by atoms with Crippen molar-refractivity contribution in [2.75, 3.05) is 28.4 Å². The number of methoxy groups -OCH3 is 4. The summed E-state index contributed by atoms with van der Waals surface area (Å²) in [5.74, 6) is -2.45. The van der Waals surface area contributed by atoms with Crippen molar-refractivity contribution in [2.24, 2.45) is 46.3 Å². The van der Waals surface area contributed by atoms with E-state index < -0.39 is 66.4 Å². The molecule has 0 aromatic heterocycles. The maximum absolute atomic E-state index is 14.3. The second-order valence-corrected chi connectivity index (χ2v) is 21.9. The first-order chi connectivity index (χ1) is 39.4. The van der Waals surface area contributed by atoms with Crippen molar-refractivity contribution in [3.63, 3.8) is 0 Å². The van der Waals surface area contributed by atoms with Crippen LogP contribution in [-0.4, -0.2) is 94.4 Å². The number of carbonyl (C=O) groups excluding carboxylic acids is 7. The Balaban J connectivity index is 1.01. The molecule has 0 radical (unpaired) electrons. The van der Waals surface area contributed by atoms with Gasteiger partial charge in [0, 0.05) is 24.0 Å². The summed E-state index contributed by atoms with van der Waals surface area (Å²) in [5.41, 5.74) is 1.59. The molecule has 0 amide bonds. The second-order valence-electron chi connectivity index (χ2n) is 21.9. The van der Waals surface area contributed by atoms with E-state index in [-0.39, 0.29) is 76.3 Å². The highest BCUT2D eigenvalue weighted by Gasteiger charge is 2.67. The minimum absolute atomic E-state index is 0.00789. The average molecular weight is 1130 g/mol. The fourth-order valence-corrected chi connectivity index (χ4v) is 13.5. The van der Waals surface area contributed by atoms with E-state index in [9.17, 15) is 38.7 Å². The maximum atomic E-state index is 14.3. The zero-order valence-electron chi connectivity index (χ0n) is 47.0. The molecule has 4 aromatic carbocycles. The number of rotatable bonds is 17. The van der Waals surface area contributed by atoms with Crippen molar-refractivity contribution in [1.82, 2.24) is 0 Å². The van der Waals surface area contributed by atoms with Gasteiger partial charge in [-0.05, 0) is 151 Å². The topological polar surface area (TPSA) is 241 Å². The first-order valence-corrected chi connectivity index (χ1v) is 27.4. The van der Waals surface area contributed by atoms with Gasteiger partial charge in [0.1, 0.15) is 12.2 Å². The monoisotopic (exact) mass is 1130 g/mol. The molecular formula is C63H70O19. The Hall–Kier alpha value is -8.19. The lowest BCUT2D eigenvalue weighted by Gasteiger charge is -2.64. The lowest BCUT2D eigenvalue weighted by atomic mass is 9.43. The van der Waals surface area contributed by atoms with Crippen molar-refractivity contribution in [1.29, 1.82) is 0 Å². The van der Waals surface area contributed by atoms with E-state index in [1.165, 1.54) is 54.6 Å². The van der Waals surface area contributed by atoms with Crippen molar-refractivity contribution in [3.8, 4) is 23.0 Å². The number of aliphatic hydroxyl groups excluding tert-OH is 1. The van der Waals surface area contributed by atoms with Crippen molar-refractivity contribution >= 4 is 54.7 Å². The second kappa shape index (κ2) is 26.6. The summed E-state index contributed by atoms with van der Waals surface area (Å²) in [7, 11) is 4.50. The van der Waals surface area contributed by atoms with Crippen LogP contribution in [-0.2, 0) is 47.5 Å². The van der Waals surface area contributed by atoms with Crippen LogP contribution in [0.15, 0.2) is 109 Å². The highest BCUT2D eigenvalue weighted by atomic mass is 16.8. The number of fused-ring (bicyclic) bond motifs is 5. The van der Waals surface area contributed by atoms with Crippen LogP contribution in [0.5, 0.6) is 23.0 Å². The van der Waals surface area contributed by atoms with Gasteiger partial charge < -0.3 is 57.2 Å². The molecule has 0 saturated heterocycles. The van der Waals surface area contributed by atoms with Gasteiger partial charge >= 0.3 is 42.5 Å². The molecule has 8 rings (SSSR count). The molecule has 4 fully saturated rings. The summed E-state index contributed by atoms with van der Waals surface area (Å²) in [6, 6.07) is 27.9. The van der Waals surface area contributed by atoms with Crippen LogP contribution in [0.4, 0.5) is 19.2 Å². The minimum atomic E-state index is -1.07. The Morgan fingerprint density at radius 2 is 1.10 bits per heavy atom. The molecule has 0 unspecified atom stereocenters. The highest BCUT2D eigenvalue weighted by Crippen LogP contribution is 2.69. The third-order valence-corrected chi connectivity index (χ3v) is 17.5. The predicted octanol–water partition coefficient (Wildman–Crippen LogP) is 11.8. The van der Waals surface area contributed by atoms with E-state index in [0.717, 1.165) is 52.4 Å². The standard InChI is InChI=1S/C63H70O19/c1-37(18-27-55(67)82-57(40-14-10-8-11-15-40)41-16-12-9-13-17-41)44-23-24-45-56-46(36-52(63(44,45)3)81-54(66)29-22-39-20-26-49(78-59(69)73-5)51(33-39)80-61(71)75-7)62(2)31-30-43(34-42(62)35-47(56)64)76-53(65)28-21-38-19-25-48(77-58(68)72-4)50(32-38)79-60(70)74-6/h8-17,19-22,25-26,28-29,32-33,37,42-47,52,56-57,64H,18,23-24,27,30-31,34-36H2,1-7H3/b28-21+,29-22+/t37-,42-,43-,44-,45+,46+,47-,52+,56+,62+,63-/m1/s1. The first-order valence-electron chi connectivity index (χ1n) is 27.4. The van der Waals surface area contributed by atoms with Crippen LogP contribution in [0.2, 0.25) is 0 Å². The van der Waals surface area contributed by atoms with Gasteiger partial charge in [-0.3, -0.25) is 4.79 Å². The predicted molar refractivity (Wildman–Crippen MR) is 294 cm³/mol. The van der Waals surface area contributed by atoms with E-state index in [0.29, 0.717) is 49.7 Å².